The summed E-state index contributed by atoms with van der Waals surface area (Å²) in [5.74, 6) is 0. The number of methoxy groups -OCH3 is 1. The molecule has 0 spiro atoms. The van der Waals surface area contributed by atoms with Gasteiger partial charge >= 0.3 is 0 Å². The molecular weight excluding hydrogens is 214 g/mol. The Morgan fingerprint density at radius 2 is 2.00 bits per heavy atom. The second-order valence-electron chi connectivity index (χ2n) is 4.63. The van der Waals surface area contributed by atoms with Gasteiger partial charge in [-0.25, -0.2) is 0 Å². The van der Waals surface area contributed by atoms with Crippen LogP contribution in [0.15, 0.2) is 30.3 Å². The molecule has 1 rings (SSSR count). The maximum absolute atomic E-state index is 11.4. The van der Waals surface area contributed by atoms with E-state index in [-0.39, 0.29) is 0 Å². The van der Waals surface area contributed by atoms with Gasteiger partial charge in [0.25, 0.3) is 0 Å². The normalized spacial score (nSPS) is 14.6. The predicted octanol–water partition coefficient (Wildman–Crippen LogP) is 1.72. The average molecular weight is 235 g/mol. The molecule has 0 fully saturated rings. The summed E-state index contributed by atoms with van der Waals surface area (Å²) >= 11 is 0. The zero-order chi connectivity index (χ0) is 12.7. The molecule has 0 radical (unpaired) electrons. The first-order valence-electron chi connectivity index (χ1n) is 5.82. The lowest BCUT2D eigenvalue weighted by Gasteiger charge is -2.29. The summed E-state index contributed by atoms with van der Waals surface area (Å²) in [7, 11) is 3.69. The number of benzene rings is 1. The highest BCUT2D eigenvalue weighted by Gasteiger charge is 2.27. The van der Waals surface area contributed by atoms with E-state index in [4.69, 9.17) is 4.74 Å². The monoisotopic (exact) mass is 235 g/mol. The van der Waals surface area contributed by atoms with Crippen LogP contribution in [-0.2, 0) is 14.9 Å². The zero-order valence-electron chi connectivity index (χ0n) is 10.8. The van der Waals surface area contributed by atoms with Gasteiger partial charge in [-0.1, -0.05) is 30.3 Å². The number of carbonyl (C=O) groups is 1. The van der Waals surface area contributed by atoms with Crippen molar-refractivity contribution in [3.05, 3.63) is 35.9 Å². The first-order chi connectivity index (χ1) is 8.12. The van der Waals surface area contributed by atoms with E-state index in [9.17, 15) is 4.79 Å². The van der Waals surface area contributed by atoms with Gasteiger partial charge in [0, 0.05) is 20.2 Å². The quantitative estimate of drug-likeness (QED) is 0.674. The molecular formula is C14H21NO2. The Hall–Kier alpha value is -1.19. The molecule has 3 heteroatoms. The van der Waals surface area contributed by atoms with Crippen LogP contribution in [0.3, 0.4) is 0 Å². The van der Waals surface area contributed by atoms with Gasteiger partial charge in [-0.15, -0.1) is 0 Å². The second kappa shape index (κ2) is 6.52. The van der Waals surface area contributed by atoms with E-state index in [2.05, 4.69) is 4.90 Å². The fourth-order valence-electron chi connectivity index (χ4n) is 1.90. The van der Waals surface area contributed by atoms with Crippen LogP contribution in [0.1, 0.15) is 12.5 Å². The smallest absolute Gasteiger partial charge is 0.131 e. The molecule has 0 aliphatic heterocycles. The zero-order valence-corrected chi connectivity index (χ0v) is 10.8. The van der Waals surface area contributed by atoms with Crippen molar-refractivity contribution in [2.45, 2.75) is 12.3 Å². The lowest BCUT2D eigenvalue weighted by molar-refractivity contribution is -0.112. The Morgan fingerprint density at radius 1 is 1.35 bits per heavy atom. The summed E-state index contributed by atoms with van der Waals surface area (Å²) < 4.78 is 5.04. The van der Waals surface area contributed by atoms with Gasteiger partial charge in [0.05, 0.1) is 12.0 Å². The molecule has 0 saturated carbocycles. The SMILES string of the molecule is COCCN(C)CC(C)(C=O)c1ccccc1. The third kappa shape index (κ3) is 3.95. The molecule has 0 saturated heterocycles. The van der Waals surface area contributed by atoms with Crippen LogP contribution in [0.2, 0.25) is 0 Å². The predicted molar refractivity (Wildman–Crippen MR) is 69.2 cm³/mol. The summed E-state index contributed by atoms with van der Waals surface area (Å²) in [5.41, 5.74) is 0.600. The van der Waals surface area contributed by atoms with Crippen molar-refractivity contribution in [3.8, 4) is 0 Å². The minimum Gasteiger partial charge on any atom is -0.383 e. The van der Waals surface area contributed by atoms with E-state index in [1.165, 1.54) is 0 Å². The van der Waals surface area contributed by atoms with Gasteiger partial charge in [0.15, 0.2) is 0 Å². The number of nitrogens with zero attached hydrogens (tertiary/aromatic N) is 1. The number of carbonyl (C=O) groups excluding carboxylic acids is 1. The second-order valence-corrected chi connectivity index (χ2v) is 4.63. The van der Waals surface area contributed by atoms with Crippen LogP contribution < -0.4 is 0 Å². The van der Waals surface area contributed by atoms with E-state index < -0.39 is 5.41 Å². The molecule has 1 aromatic rings. The minimum atomic E-state index is -0.455. The Kier molecular flexibility index (Phi) is 5.32. The fraction of sp³-hybridized carbons (Fsp3) is 0.500. The average Bonchev–Trinajstić information content (AvgIpc) is 2.37. The third-order valence-electron chi connectivity index (χ3n) is 2.97. The summed E-state index contributed by atoms with van der Waals surface area (Å²) in [6.07, 6.45) is 1.03. The van der Waals surface area contributed by atoms with Gasteiger partial charge in [-0.2, -0.15) is 0 Å². The van der Waals surface area contributed by atoms with E-state index in [1.807, 2.05) is 44.3 Å². The molecule has 1 unspecified atom stereocenters. The molecule has 0 amide bonds. The number of hydrogen-bond donors (Lipinski definition) is 0. The van der Waals surface area contributed by atoms with Crippen LogP contribution in [0.25, 0.3) is 0 Å². The van der Waals surface area contributed by atoms with E-state index in [0.29, 0.717) is 13.2 Å². The van der Waals surface area contributed by atoms with E-state index in [1.54, 1.807) is 7.11 Å². The van der Waals surface area contributed by atoms with Crippen molar-refractivity contribution < 1.29 is 9.53 Å². The van der Waals surface area contributed by atoms with Crippen LogP contribution in [0.5, 0.6) is 0 Å². The molecule has 3 nitrogen and oxygen atoms in total. The Labute approximate surface area is 103 Å². The maximum atomic E-state index is 11.4. The van der Waals surface area contributed by atoms with Gasteiger partial charge in [0.2, 0.25) is 0 Å². The van der Waals surface area contributed by atoms with Crippen LogP contribution >= 0.6 is 0 Å². The van der Waals surface area contributed by atoms with Crippen molar-refractivity contribution in [1.29, 1.82) is 0 Å². The van der Waals surface area contributed by atoms with Crippen molar-refractivity contribution in [3.63, 3.8) is 0 Å². The molecule has 17 heavy (non-hydrogen) atoms. The topological polar surface area (TPSA) is 29.5 Å². The Morgan fingerprint density at radius 3 is 2.53 bits per heavy atom. The fourth-order valence-corrected chi connectivity index (χ4v) is 1.90. The van der Waals surface area contributed by atoms with Gasteiger partial charge < -0.3 is 14.4 Å². The summed E-state index contributed by atoms with van der Waals surface area (Å²) in [6.45, 7) is 4.18. The summed E-state index contributed by atoms with van der Waals surface area (Å²) in [4.78, 5) is 13.5. The first kappa shape index (κ1) is 13.9. The summed E-state index contributed by atoms with van der Waals surface area (Å²) in [5, 5.41) is 0. The lowest BCUT2D eigenvalue weighted by Crippen LogP contribution is -2.39. The summed E-state index contributed by atoms with van der Waals surface area (Å²) in [6, 6.07) is 9.89. The Bertz CT molecular complexity index is 339. The van der Waals surface area contributed by atoms with Gasteiger partial charge in [0.1, 0.15) is 6.29 Å². The van der Waals surface area contributed by atoms with Gasteiger partial charge in [-0.3, -0.25) is 0 Å². The number of likely N-dealkylation sites (N-methyl/N-ethyl adjacent to an activating group) is 1. The lowest BCUT2D eigenvalue weighted by atomic mass is 9.83. The van der Waals surface area contributed by atoms with Crippen molar-refractivity contribution >= 4 is 6.29 Å². The highest BCUT2D eigenvalue weighted by atomic mass is 16.5. The third-order valence-corrected chi connectivity index (χ3v) is 2.97. The largest absolute Gasteiger partial charge is 0.383 e. The molecule has 0 bridgehead atoms. The molecule has 0 N–H and O–H groups in total. The van der Waals surface area contributed by atoms with Crippen molar-refractivity contribution in [2.24, 2.45) is 0 Å². The Balaban J connectivity index is 2.72. The maximum Gasteiger partial charge on any atom is 0.131 e. The first-order valence-corrected chi connectivity index (χ1v) is 5.82. The highest BCUT2D eigenvalue weighted by Crippen LogP contribution is 2.22. The number of aldehydes is 1. The van der Waals surface area contributed by atoms with Crippen molar-refractivity contribution in [2.75, 3.05) is 33.9 Å². The van der Waals surface area contributed by atoms with Crippen LogP contribution in [-0.4, -0.2) is 45.0 Å². The molecule has 1 atom stereocenters. The molecule has 1 aromatic carbocycles. The highest BCUT2D eigenvalue weighted by molar-refractivity contribution is 5.68. The molecule has 0 aliphatic rings. The van der Waals surface area contributed by atoms with Crippen molar-refractivity contribution in [1.82, 2.24) is 4.90 Å². The van der Waals surface area contributed by atoms with Gasteiger partial charge in [-0.05, 0) is 19.5 Å². The van der Waals surface area contributed by atoms with Crippen LogP contribution in [0, 0.1) is 0 Å². The number of hydrogen-bond acceptors (Lipinski definition) is 3. The number of ether oxygens (including phenoxy) is 1. The standard InChI is InChI=1S/C14H21NO2/c1-14(12-16,11-15(2)9-10-17-3)13-7-5-4-6-8-13/h4-8,12H,9-11H2,1-3H3. The molecule has 0 aromatic heterocycles. The number of rotatable bonds is 7. The van der Waals surface area contributed by atoms with Crippen LogP contribution in [0.4, 0.5) is 0 Å². The van der Waals surface area contributed by atoms with E-state index >= 15 is 0 Å². The molecule has 94 valence electrons. The molecule has 0 aliphatic carbocycles. The van der Waals surface area contributed by atoms with E-state index in [0.717, 1.165) is 18.4 Å². The molecule has 0 heterocycles. The minimum absolute atomic E-state index is 0.455.